The van der Waals surface area contributed by atoms with Crippen LogP contribution in [0.4, 0.5) is 0 Å². The van der Waals surface area contributed by atoms with Gasteiger partial charge in [0.05, 0.1) is 17.1 Å². The zero-order valence-corrected chi connectivity index (χ0v) is 12.7. The Labute approximate surface area is 135 Å². The van der Waals surface area contributed by atoms with Gasteiger partial charge in [-0.15, -0.1) is 4.68 Å². The average Bonchev–Trinajstić information content (AvgIpc) is 2.55. The number of fused-ring (bicyclic) bond motifs is 1. The molecule has 3 rings (SSSR count). The Bertz CT molecular complexity index is 1050. The highest BCUT2D eigenvalue weighted by molar-refractivity contribution is 5.80. The van der Waals surface area contributed by atoms with Crippen molar-refractivity contribution >= 4 is 23.1 Å². The number of nitrogens with zero attached hydrogens (tertiary/aromatic N) is 2. The van der Waals surface area contributed by atoms with Gasteiger partial charge in [-0.3, -0.25) is 9.59 Å². The van der Waals surface area contributed by atoms with E-state index in [0.717, 1.165) is 4.68 Å². The Balaban J connectivity index is 1.95. The SMILES string of the molecule is CC(=O)Oc1ccc(C=Nn2c(=O)[nH]c3ccccc3c2=O)cc1. The summed E-state index contributed by atoms with van der Waals surface area (Å²) in [6.07, 6.45) is 1.38. The molecule has 0 amide bonds. The van der Waals surface area contributed by atoms with Crippen molar-refractivity contribution in [1.82, 2.24) is 9.66 Å². The molecule has 0 aliphatic rings. The van der Waals surface area contributed by atoms with E-state index >= 15 is 0 Å². The Kier molecular flexibility index (Phi) is 4.07. The van der Waals surface area contributed by atoms with Crippen LogP contribution in [0.2, 0.25) is 0 Å². The van der Waals surface area contributed by atoms with Gasteiger partial charge in [-0.05, 0) is 42.0 Å². The number of para-hydroxylation sites is 1. The molecule has 1 heterocycles. The first kappa shape index (κ1) is 15.4. The lowest BCUT2D eigenvalue weighted by Gasteiger charge is -2.02. The van der Waals surface area contributed by atoms with Gasteiger partial charge < -0.3 is 9.72 Å². The zero-order chi connectivity index (χ0) is 17.1. The number of carbonyl (C=O) groups excluding carboxylic acids is 1. The third-order valence-electron chi connectivity index (χ3n) is 3.25. The van der Waals surface area contributed by atoms with Gasteiger partial charge >= 0.3 is 11.7 Å². The predicted octanol–water partition coefficient (Wildman–Crippen LogP) is 1.50. The number of aromatic nitrogens is 2. The van der Waals surface area contributed by atoms with Crippen LogP contribution in [0.25, 0.3) is 10.9 Å². The van der Waals surface area contributed by atoms with Crippen molar-refractivity contribution in [2.24, 2.45) is 5.10 Å². The molecule has 1 aromatic heterocycles. The lowest BCUT2D eigenvalue weighted by molar-refractivity contribution is -0.131. The summed E-state index contributed by atoms with van der Waals surface area (Å²) in [6.45, 7) is 1.31. The molecule has 0 aliphatic heterocycles. The van der Waals surface area contributed by atoms with Crippen LogP contribution in [0, 0.1) is 0 Å². The van der Waals surface area contributed by atoms with Crippen LogP contribution in [0.15, 0.2) is 63.2 Å². The van der Waals surface area contributed by atoms with Gasteiger partial charge in [-0.25, -0.2) is 4.79 Å². The fourth-order valence-corrected chi connectivity index (χ4v) is 2.17. The minimum atomic E-state index is -0.619. The number of ether oxygens (including phenoxy) is 1. The summed E-state index contributed by atoms with van der Waals surface area (Å²) in [5.41, 5.74) is -0.0105. The predicted molar refractivity (Wildman–Crippen MR) is 89.6 cm³/mol. The zero-order valence-electron chi connectivity index (χ0n) is 12.7. The second-order valence-electron chi connectivity index (χ2n) is 5.00. The van der Waals surface area contributed by atoms with Crippen molar-refractivity contribution in [2.75, 3.05) is 0 Å². The third-order valence-corrected chi connectivity index (χ3v) is 3.25. The van der Waals surface area contributed by atoms with Gasteiger partial charge in [0.25, 0.3) is 5.56 Å². The molecular formula is C17H13N3O4. The summed E-state index contributed by atoms with van der Waals surface area (Å²) in [5, 5.41) is 4.32. The quantitative estimate of drug-likeness (QED) is 0.449. The van der Waals surface area contributed by atoms with E-state index in [1.807, 2.05) is 0 Å². The number of benzene rings is 2. The first-order valence-electron chi connectivity index (χ1n) is 7.11. The highest BCUT2D eigenvalue weighted by Gasteiger charge is 2.05. The minimum absolute atomic E-state index is 0.374. The van der Waals surface area contributed by atoms with Gasteiger partial charge in [0.15, 0.2) is 0 Å². The maximum Gasteiger partial charge on any atom is 0.349 e. The molecule has 24 heavy (non-hydrogen) atoms. The monoisotopic (exact) mass is 323 g/mol. The lowest BCUT2D eigenvalue weighted by atomic mass is 10.2. The van der Waals surface area contributed by atoms with E-state index in [-0.39, 0.29) is 0 Å². The van der Waals surface area contributed by atoms with Gasteiger partial charge in [0.1, 0.15) is 5.75 Å². The smallest absolute Gasteiger partial charge is 0.349 e. The standard InChI is InChI=1S/C17H13N3O4/c1-11(21)24-13-8-6-12(7-9-13)10-18-20-16(22)14-4-2-3-5-15(14)19-17(20)23/h2-10H,1H3,(H,19,23). The van der Waals surface area contributed by atoms with Crippen LogP contribution in [-0.4, -0.2) is 21.8 Å². The molecule has 3 aromatic rings. The highest BCUT2D eigenvalue weighted by Crippen LogP contribution is 2.11. The van der Waals surface area contributed by atoms with Crippen LogP contribution in [0.1, 0.15) is 12.5 Å². The van der Waals surface area contributed by atoms with E-state index in [9.17, 15) is 14.4 Å². The first-order chi connectivity index (χ1) is 11.5. The van der Waals surface area contributed by atoms with Crippen molar-refractivity contribution < 1.29 is 9.53 Å². The van der Waals surface area contributed by atoms with Crippen LogP contribution in [0.5, 0.6) is 5.75 Å². The van der Waals surface area contributed by atoms with Crippen molar-refractivity contribution in [3.63, 3.8) is 0 Å². The molecule has 0 fully saturated rings. The molecule has 1 N–H and O–H groups in total. The van der Waals surface area contributed by atoms with Crippen molar-refractivity contribution in [1.29, 1.82) is 0 Å². The Morgan fingerprint density at radius 3 is 2.54 bits per heavy atom. The molecule has 0 spiro atoms. The molecule has 0 atom stereocenters. The molecule has 120 valence electrons. The number of aromatic amines is 1. The molecular weight excluding hydrogens is 310 g/mol. The summed E-state index contributed by atoms with van der Waals surface area (Å²) in [6, 6.07) is 13.2. The molecule has 0 unspecified atom stereocenters. The largest absolute Gasteiger partial charge is 0.427 e. The molecule has 7 nitrogen and oxygen atoms in total. The van der Waals surface area contributed by atoms with Gasteiger partial charge in [0, 0.05) is 6.92 Å². The van der Waals surface area contributed by atoms with Gasteiger partial charge in [0.2, 0.25) is 0 Å². The average molecular weight is 323 g/mol. The van der Waals surface area contributed by atoms with Crippen LogP contribution >= 0.6 is 0 Å². The number of hydrogen-bond acceptors (Lipinski definition) is 5. The number of nitrogens with one attached hydrogen (secondary N) is 1. The first-order valence-corrected chi connectivity index (χ1v) is 7.11. The Morgan fingerprint density at radius 2 is 1.83 bits per heavy atom. The van der Waals surface area contributed by atoms with E-state index in [1.165, 1.54) is 13.1 Å². The van der Waals surface area contributed by atoms with Gasteiger partial charge in [-0.2, -0.15) is 5.10 Å². The Hall–Kier alpha value is -3.48. The van der Waals surface area contributed by atoms with E-state index < -0.39 is 17.2 Å². The molecule has 0 aliphatic carbocycles. The summed E-state index contributed by atoms with van der Waals surface area (Å²) in [4.78, 5) is 37.8. The van der Waals surface area contributed by atoms with E-state index in [2.05, 4.69) is 10.1 Å². The number of H-pyrrole nitrogens is 1. The van der Waals surface area contributed by atoms with Crippen LogP contribution in [0.3, 0.4) is 0 Å². The summed E-state index contributed by atoms with van der Waals surface area (Å²) in [5.74, 6) is -0.00830. The number of hydrogen-bond donors (Lipinski definition) is 1. The molecule has 0 saturated carbocycles. The second kappa shape index (κ2) is 6.33. The molecule has 0 bridgehead atoms. The van der Waals surface area contributed by atoms with Crippen LogP contribution in [-0.2, 0) is 4.79 Å². The van der Waals surface area contributed by atoms with Gasteiger partial charge in [-0.1, -0.05) is 12.1 Å². The van der Waals surface area contributed by atoms with Crippen molar-refractivity contribution in [3.8, 4) is 5.75 Å². The fraction of sp³-hybridized carbons (Fsp3) is 0.0588. The number of rotatable bonds is 3. The normalized spacial score (nSPS) is 11.0. The molecule has 0 radical (unpaired) electrons. The summed E-state index contributed by atoms with van der Waals surface area (Å²) < 4.78 is 5.69. The number of carbonyl (C=O) groups is 1. The number of esters is 1. The maximum atomic E-state index is 12.3. The van der Waals surface area contributed by atoms with E-state index in [4.69, 9.17) is 4.74 Å². The fourth-order valence-electron chi connectivity index (χ4n) is 2.17. The van der Waals surface area contributed by atoms with Crippen molar-refractivity contribution in [2.45, 2.75) is 6.92 Å². The second-order valence-corrected chi connectivity index (χ2v) is 5.00. The Morgan fingerprint density at radius 1 is 1.12 bits per heavy atom. The van der Waals surface area contributed by atoms with Crippen LogP contribution < -0.4 is 16.0 Å². The minimum Gasteiger partial charge on any atom is -0.427 e. The highest BCUT2D eigenvalue weighted by atomic mass is 16.5. The lowest BCUT2D eigenvalue weighted by Crippen LogP contribution is -2.32. The topological polar surface area (TPSA) is 93.5 Å². The van der Waals surface area contributed by atoms with E-state index in [0.29, 0.717) is 22.2 Å². The molecule has 2 aromatic carbocycles. The molecule has 0 saturated heterocycles. The summed E-state index contributed by atoms with van der Waals surface area (Å²) in [7, 11) is 0. The van der Waals surface area contributed by atoms with E-state index in [1.54, 1.807) is 48.5 Å². The third kappa shape index (κ3) is 3.14. The molecule has 7 heteroatoms. The maximum absolute atomic E-state index is 12.3. The van der Waals surface area contributed by atoms with Crippen molar-refractivity contribution in [3.05, 3.63) is 74.9 Å². The summed E-state index contributed by atoms with van der Waals surface area (Å²) >= 11 is 0.